The van der Waals surface area contributed by atoms with Gasteiger partial charge in [-0.25, -0.2) is 0 Å². The number of rotatable bonds is 5. The Labute approximate surface area is 94.2 Å². The second-order valence-electron chi connectivity index (χ2n) is 4.03. The van der Waals surface area contributed by atoms with Crippen LogP contribution in [-0.4, -0.2) is 42.0 Å². The first-order chi connectivity index (χ1) is 7.74. The molecule has 0 aliphatic carbocycles. The highest BCUT2D eigenvalue weighted by atomic mass is 16.5. The van der Waals surface area contributed by atoms with E-state index in [1.807, 2.05) is 17.0 Å². The summed E-state index contributed by atoms with van der Waals surface area (Å²) in [4.78, 5) is 16.6. The van der Waals surface area contributed by atoms with E-state index in [4.69, 9.17) is 10.5 Å². The predicted octanol–water partition coefficient (Wildman–Crippen LogP) is -0.122. The number of likely N-dealkylation sites (tertiary alicyclic amines) is 1. The van der Waals surface area contributed by atoms with Crippen molar-refractivity contribution in [3.63, 3.8) is 0 Å². The maximum absolute atomic E-state index is 10.6. The molecule has 5 nitrogen and oxygen atoms in total. The summed E-state index contributed by atoms with van der Waals surface area (Å²) < 4.78 is 5.56. The first kappa shape index (κ1) is 10.9. The van der Waals surface area contributed by atoms with E-state index in [-0.39, 0.29) is 5.91 Å². The minimum atomic E-state index is -0.272. The predicted molar refractivity (Wildman–Crippen MR) is 58.9 cm³/mol. The van der Waals surface area contributed by atoms with Gasteiger partial charge in [0.15, 0.2) is 0 Å². The van der Waals surface area contributed by atoms with E-state index in [1.165, 1.54) is 0 Å². The van der Waals surface area contributed by atoms with E-state index < -0.39 is 0 Å². The lowest BCUT2D eigenvalue weighted by Crippen LogP contribution is -2.51. The van der Waals surface area contributed by atoms with Crippen molar-refractivity contribution >= 4 is 5.91 Å². The molecule has 1 aliphatic rings. The summed E-state index contributed by atoms with van der Waals surface area (Å²) in [7, 11) is 0. The van der Waals surface area contributed by atoms with Crippen molar-refractivity contribution in [1.82, 2.24) is 9.88 Å². The molecule has 86 valence electrons. The van der Waals surface area contributed by atoms with Crippen LogP contribution in [0, 0.1) is 5.92 Å². The van der Waals surface area contributed by atoms with Gasteiger partial charge in [0.25, 0.3) is 0 Å². The Kier molecular flexibility index (Phi) is 3.36. The van der Waals surface area contributed by atoms with E-state index in [0.29, 0.717) is 19.1 Å². The normalized spacial score (nSPS) is 16.8. The van der Waals surface area contributed by atoms with Crippen LogP contribution < -0.4 is 10.5 Å². The van der Waals surface area contributed by atoms with Crippen molar-refractivity contribution in [1.29, 1.82) is 0 Å². The number of carbonyl (C=O) groups excluding carboxylic acids is 1. The molecule has 0 saturated carbocycles. The Morgan fingerprint density at radius 1 is 1.62 bits per heavy atom. The van der Waals surface area contributed by atoms with Gasteiger partial charge in [-0.05, 0) is 12.1 Å². The highest BCUT2D eigenvalue weighted by Gasteiger charge is 2.27. The molecule has 0 bridgehead atoms. The molecule has 0 aromatic carbocycles. The molecule has 1 amide bonds. The molecular formula is C11H15N3O2. The third-order valence-corrected chi connectivity index (χ3v) is 2.53. The molecule has 0 atom stereocenters. The number of pyridine rings is 1. The molecule has 2 heterocycles. The van der Waals surface area contributed by atoms with Crippen LogP contribution in [0.3, 0.4) is 0 Å². The molecule has 1 fully saturated rings. The van der Waals surface area contributed by atoms with Gasteiger partial charge in [0.1, 0.15) is 5.75 Å². The largest absolute Gasteiger partial charge is 0.492 e. The quantitative estimate of drug-likeness (QED) is 0.752. The molecule has 0 unspecified atom stereocenters. The third-order valence-electron chi connectivity index (χ3n) is 2.53. The number of carbonyl (C=O) groups is 1. The van der Waals surface area contributed by atoms with Crippen molar-refractivity contribution in [2.45, 2.75) is 0 Å². The number of hydrogen-bond acceptors (Lipinski definition) is 4. The van der Waals surface area contributed by atoms with Gasteiger partial charge in [-0.2, -0.15) is 0 Å². The maximum atomic E-state index is 10.6. The molecule has 0 spiro atoms. The van der Waals surface area contributed by atoms with Crippen LogP contribution >= 0.6 is 0 Å². The fraction of sp³-hybridized carbons (Fsp3) is 0.455. The first-order valence-corrected chi connectivity index (χ1v) is 5.27. The summed E-state index contributed by atoms with van der Waals surface area (Å²) in [6.07, 6.45) is 3.41. The molecule has 2 N–H and O–H groups in total. The van der Waals surface area contributed by atoms with Crippen molar-refractivity contribution in [2.75, 3.05) is 26.2 Å². The van der Waals surface area contributed by atoms with Crippen LogP contribution in [0.4, 0.5) is 0 Å². The number of nitrogens with two attached hydrogens (primary N) is 1. The fourth-order valence-corrected chi connectivity index (χ4v) is 1.78. The number of hydrogen-bond donors (Lipinski definition) is 1. The van der Waals surface area contributed by atoms with Crippen LogP contribution in [0.5, 0.6) is 5.75 Å². The van der Waals surface area contributed by atoms with Crippen LogP contribution in [0.15, 0.2) is 24.5 Å². The minimum absolute atomic E-state index is 0.272. The summed E-state index contributed by atoms with van der Waals surface area (Å²) in [6.45, 7) is 2.77. The minimum Gasteiger partial charge on any atom is -0.492 e. The Morgan fingerprint density at radius 2 is 2.44 bits per heavy atom. The average molecular weight is 221 g/mol. The lowest BCUT2D eigenvalue weighted by Gasteiger charge is -2.37. The zero-order valence-electron chi connectivity index (χ0n) is 9.00. The van der Waals surface area contributed by atoms with E-state index in [2.05, 4.69) is 4.98 Å². The molecule has 2 rings (SSSR count). The fourth-order valence-electron chi connectivity index (χ4n) is 1.78. The van der Waals surface area contributed by atoms with Crippen LogP contribution in [0.25, 0.3) is 0 Å². The summed E-state index contributed by atoms with van der Waals surface area (Å²) in [6, 6.07) is 3.72. The molecule has 0 radical (unpaired) electrons. The van der Waals surface area contributed by atoms with Gasteiger partial charge < -0.3 is 10.5 Å². The highest BCUT2D eigenvalue weighted by molar-refractivity contribution is 5.76. The molecule has 1 saturated heterocycles. The van der Waals surface area contributed by atoms with Crippen molar-refractivity contribution < 1.29 is 9.53 Å². The Hall–Kier alpha value is -1.62. The first-order valence-electron chi connectivity index (χ1n) is 5.27. The Morgan fingerprint density at radius 3 is 3.06 bits per heavy atom. The summed E-state index contributed by atoms with van der Waals surface area (Å²) in [5.74, 6) is 1.00. The molecule has 1 aliphatic heterocycles. The second-order valence-corrected chi connectivity index (χ2v) is 4.03. The third kappa shape index (κ3) is 2.93. The van der Waals surface area contributed by atoms with Crippen LogP contribution in [0.2, 0.25) is 0 Å². The lowest BCUT2D eigenvalue weighted by atomic mass is 10.0. The van der Waals surface area contributed by atoms with E-state index in [0.717, 1.165) is 18.8 Å². The topological polar surface area (TPSA) is 68.5 Å². The van der Waals surface area contributed by atoms with Crippen molar-refractivity contribution in [2.24, 2.45) is 11.7 Å². The van der Waals surface area contributed by atoms with E-state index in [9.17, 15) is 4.79 Å². The van der Waals surface area contributed by atoms with Gasteiger partial charge in [-0.15, -0.1) is 0 Å². The molecule has 1 aromatic rings. The van der Waals surface area contributed by atoms with Gasteiger partial charge in [0, 0.05) is 25.2 Å². The van der Waals surface area contributed by atoms with Gasteiger partial charge in [-0.1, -0.05) is 0 Å². The van der Waals surface area contributed by atoms with Gasteiger partial charge in [0.05, 0.1) is 19.3 Å². The van der Waals surface area contributed by atoms with E-state index in [1.54, 1.807) is 12.4 Å². The number of primary amides is 1. The van der Waals surface area contributed by atoms with Gasteiger partial charge in [0.2, 0.25) is 5.91 Å². The zero-order chi connectivity index (χ0) is 11.4. The standard InChI is InChI=1S/C11H15N3O2/c12-11(15)7-14-5-9(6-14)8-16-10-2-1-3-13-4-10/h1-4,9H,5-8H2,(H2,12,15). The molecule has 1 aromatic heterocycles. The Balaban J connectivity index is 1.65. The van der Waals surface area contributed by atoms with Crippen LogP contribution in [-0.2, 0) is 4.79 Å². The van der Waals surface area contributed by atoms with Crippen LogP contribution in [0.1, 0.15) is 0 Å². The number of aromatic nitrogens is 1. The summed E-state index contributed by atoms with van der Waals surface area (Å²) >= 11 is 0. The van der Waals surface area contributed by atoms with Gasteiger partial charge >= 0.3 is 0 Å². The number of ether oxygens (including phenoxy) is 1. The average Bonchev–Trinajstić information content (AvgIpc) is 2.22. The van der Waals surface area contributed by atoms with E-state index >= 15 is 0 Å². The zero-order valence-corrected chi connectivity index (χ0v) is 9.00. The lowest BCUT2D eigenvalue weighted by molar-refractivity contribution is -0.120. The summed E-state index contributed by atoms with van der Waals surface area (Å²) in [5.41, 5.74) is 5.09. The van der Waals surface area contributed by atoms with Gasteiger partial charge in [-0.3, -0.25) is 14.7 Å². The number of nitrogens with zero attached hydrogens (tertiary/aromatic N) is 2. The second kappa shape index (κ2) is 4.94. The maximum Gasteiger partial charge on any atom is 0.231 e. The Bertz CT molecular complexity index is 350. The molecular weight excluding hydrogens is 206 g/mol. The molecule has 16 heavy (non-hydrogen) atoms. The molecule has 5 heteroatoms. The monoisotopic (exact) mass is 221 g/mol. The SMILES string of the molecule is NC(=O)CN1CC(COc2cccnc2)C1. The summed E-state index contributed by atoms with van der Waals surface area (Å²) in [5, 5.41) is 0. The van der Waals surface area contributed by atoms with Crippen molar-refractivity contribution in [3.05, 3.63) is 24.5 Å². The number of amides is 1. The smallest absolute Gasteiger partial charge is 0.231 e. The highest BCUT2D eigenvalue weighted by Crippen LogP contribution is 2.16. The van der Waals surface area contributed by atoms with Crippen molar-refractivity contribution in [3.8, 4) is 5.75 Å².